The first-order valence-electron chi connectivity index (χ1n) is 12.2. The van der Waals surface area contributed by atoms with Gasteiger partial charge in [0, 0.05) is 23.9 Å². The number of carbonyl (C=O) groups is 1. The zero-order valence-corrected chi connectivity index (χ0v) is 22.0. The summed E-state index contributed by atoms with van der Waals surface area (Å²) in [5.41, 5.74) is 6.80. The second-order valence-corrected chi connectivity index (χ2v) is 10.5. The molecule has 1 fully saturated rings. The Kier molecular flexibility index (Phi) is 7.16. The van der Waals surface area contributed by atoms with Crippen LogP contribution in [0.25, 0.3) is 5.52 Å². The van der Waals surface area contributed by atoms with Gasteiger partial charge in [-0.3, -0.25) is 9.20 Å². The van der Waals surface area contributed by atoms with Crippen molar-refractivity contribution < 1.29 is 19.0 Å². The Balaban J connectivity index is 1.86. The highest BCUT2D eigenvalue weighted by molar-refractivity contribution is 6.31. The Labute approximate surface area is 215 Å². The first kappa shape index (κ1) is 26.2. The van der Waals surface area contributed by atoms with Gasteiger partial charge in [-0.15, -0.1) is 0 Å². The standard InChI is InChI=1S/C26H33ClFN5O3/c1-13(2)36-22-16(14(3)24-31-15(4)21-23(29)30-10-11-33(21)24)12-17(27)20(28)19(22)25(35)32-26(5)9-7-6-8-18(26)34/h10-14,18,34H,6-9H2,1-5H3,(H2,29,30)(H,32,35)/t14-,18-,26+/m0/s1. The van der Waals surface area contributed by atoms with E-state index in [1.54, 1.807) is 33.2 Å². The van der Waals surface area contributed by atoms with E-state index in [-0.39, 0.29) is 22.4 Å². The summed E-state index contributed by atoms with van der Waals surface area (Å²) in [6.45, 7) is 9.10. The summed E-state index contributed by atoms with van der Waals surface area (Å²) in [4.78, 5) is 22.4. The Morgan fingerprint density at radius 3 is 2.78 bits per heavy atom. The number of ether oxygens (including phenoxy) is 1. The summed E-state index contributed by atoms with van der Waals surface area (Å²) in [5.74, 6) is -0.929. The number of amides is 1. The Morgan fingerprint density at radius 1 is 1.39 bits per heavy atom. The van der Waals surface area contributed by atoms with Crippen LogP contribution in [-0.2, 0) is 0 Å². The van der Waals surface area contributed by atoms with E-state index in [1.807, 2.05) is 18.2 Å². The van der Waals surface area contributed by atoms with E-state index in [1.165, 1.54) is 6.07 Å². The predicted molar refractivity (Wildman–Crippen MR) is 137 cm³/mol. The number of fused-ring (bicyclic) bond motifs is 1. The molecule has 3 atom stereocenters. The topological polar surface area (TPSA) is 115 Å². The largest absolute Gasteiger partial charge is 0.490 e. The number of aliphatic hydroxyl groups excluding tert-OH is 1. The van der Waals surface area contributed by atoms with Gasteiger partial charge < -0.3 is 20.9 Å². The normalized spacial score (nSPS) is 21.1. The quantitative estimate of drug-likeness (QED) is 0.433. The lowest BCUT2D eigenvalue weighted by molar-refractivity contribution is 0.0309. The van der Waals surface area contributed by atoms with Crippen LogP contribution in [0, 0.1) is 12.7 Å². The molecule has 1 saturated carbocycles. The lowest BCUT2D eigenvalue weighted by Crippen LogP contribution is -2.56. The lowest BCUT2D eigenvalue weighted by Gasteiger charge is -2.39. The molecular weight excluding hydrogens is 485 g/mol. The summed E-state index contributed by atoms with van der Waals surface area (Å²) < 4.78 is 23.4. The monoisotopic (exact) mass is 517 g/mol. The zero-order chi connectivity index (χ0) is 26.4. The van der Waals surface area contributed by atoms with Crippen molar-refractivity contribution in [2.45, 2.75) is 84.0 Å². The molecular formula is C26H33ClFN5O3. The number of hydrogen-bond acceptors (Lipinski definition) is 6. The molecule has 0 unspecified atom stereocenters. The molecule has 1 amide bonds. The highest BCUT2D eigenvalue weighted by atomic mass is 35.5. The highest BCUT2D eigenvalue weighted by Crippen LogP contribution is 2.40. The maximum absolute atomic E-state index is 15.5. The number of halogens is 2. The number of nitrogens with zero attached hydrogens (tertiary/aromatic N) is 3. The molecule has 10 heteroatoms. The number of aryl methyl sites for hydroxylation is 1. The fraction of sp³-hybridized carbons (Fsp3) is 0.500. The van der Waals surface area contributed by atoms with Gasteiger partial charge >= 0.3 is 0 Å². The molecule has 0 saturated heterocycles. The Morgan fingerprint density at radius 2 is 2.11 bits per heavy atom. The van der Waals surface area contributed by atoms with Crippen LogP contribution in [0.4, 0.5) is 10.2 Å². The minimum atomic E-state index is -0.883. The molecule has 4 N–H and O–H groups in total. The molecule has 2 heterocycles. The average molecular weight is 518 g/mol. The average Bonchev–Trinajstić information content (AvgIpc) is 3.15. The van der Waals surface area contributed by atoms with Crippen molar-refractivity contribution >= 4 is 28.8 Å². The van der Waals surface area contributed by atoms with Gasteiger partial charge in [0.05, 0.1) is 28.5 Å². The van der Waals surface area contributed by atoms with E-state index in [9.17, 15) is 9.90 Å². The fourth-order valence-electron chi connectivity index (χ4n) is 5.01. The lowest BCUT2D eigenvalue weighted by atomic mass is 9.80. The van der Waals surface area contributed by atoms with E-state index < -0.39 is 29.3 Å². The van der Waals surface area contributed by atoms with Gasteiger partial charge in [-0.2, -0.15) is 0 Å². The van der Waals surface area contributed by atoms with Crippen molar-refractivity contribution in [1.29, 1.82) is 0 Å². The van der Waals surface area contributed by atoms with E-state index in [2.05, 4.69) is 10.3 Å². The summed E-state index contributed by atoms with van der Waals surface area (Å²) in [6, 6.07) is 1.48. The molecule has 1 aromatic carbocycles. The van der Waals surface area contributed by atoms with E-state index in [0.29, 0.717) is 41.3 Å². The van der Waals surface area contributed by atoms with Crippen LogP contribution in [0.1, 0.15) is 86.7 Å². The molecule has 1 aliphatic rings. The van der Waals surface area contributed by atoms with Crippen LogP contribution in [0.5, 0.6) is 5.75 Å². The van der Waals surface area contributed by atoms with Crippen molar-refractivity contribution in [1.82, 2.24) is 19.7 Å². The molecule has 4 rings (SSSR count). The second-order valence-electron chi connectivity index (χ2n) is 10.1. The van der Waals surface area contributed by atoms with Gasteiger partial charge in [0.15, 0.2) is 5.82 Å². The highest BCUT2D eigenvalue weighted by Gasteiger charge is 2.39. The number of nitrogen functional groups attached to an aromatic ring is 1. The van der Waals surface area contributed by atoms with Gasteiger partial charge in [0.2, 0.25) is 0 Å². The number of imidazole rings is 1. The Hall–Kier alpha value is -2.91. The van der Waals surface area contributed by atoms with Crippen molar-refractivity contribution in [3.63, 3.8) is 0 Å². The summed E-state index contributed by atoms with van der Waals surface area (Å²) in [6.07, 6.45) is 5.13. The number of nitrogens with one attached hydrogen (secondary N) is 1. The van der Waals surface area contributed by atoms with Crippen LogP contribution in [0.2, 0.25) is 5.02 Å². The van der Waals surface area contributed by atoms with E-state index >= 15 is 4.39 Å². The summed E-state index contributed by atoms with van der Waals surface area (Å²) in [7, 11) is 0. The van der Waals surface area contributed by atoms with Crippen LogP contribution < -0.4 is 15.8 Å². The molecule has 3 aromatic rings. The fourth-order valence-corrected chi connectivity index (χ4v) is 5.22. The predicted octanol–water partition coefficient (Wildman–Crippen LogP) is 4.77. The number of benzene rings is 1. The van der Waals surface area contributed by atoms with Crippen molar-refractivity contribution in [3.05, 3.63) is 51.9 Å². The first-order chi connectivity index (χ1) is 16.9. The van der Waals surface area contributed by atoms with Crippen LogP contribution in [-0.4, -0.2) is 43.1 Å². The van der Waals surface area contributed by atoms with Crippen LogP contribution in [0.15, 0.2) is 18.5 Å². The minimum absolute atomic E-state index is 0.0993. The third kappa shape index (κ3) is 4.62. The van der Waals surface area contributed by atoms with Crippen molar-refractivity contribution in [2.75, 3.05) is 5.73 Å². The number of rotatable bonds is 6. The molecule has 2 aromatic heterocycles. The molecule has 0 spiro atoms. The smallest absolute Gasteiger partial charge is 0.258 e. The third-order valence-corrected chi connectivity index (χ3v) is 7.25. The number of anilines is 1. The number of aliphatic hydroxyl groups is 1. The molecule has 1 aliphatic carbocycles. The van der Waals surface area contributed by atoms with Gasteiger partial charge in [0.1, 0.15) is 28.5 Å². The van der Waals surface area contributed by atoms with Gasteiger partial charge in [-0.25, -0.2) is 14.4 Å². The summed E-state index contributed by atoms with van der Waals surface area (Å²) in [5, 5.41) is 13.3. The molecule has 0 aliphatic heterocycles. The van der Waals surface area contributed by atoms with Gasteiger partial charge in [-0.1, -0.05) is 31.4 Å². The van der Waals surface area contributed by atoms with Crippen LogP contribution in [0.3, 0.4) is 0 Å². The van der Waals surface area contributed by atoms with Crippen LogP contribution >= 0.6 is 11.6 Å². The van der Waals surface area contributed by atoms with Crippen molar-refractivity contribution in [3.8, 4) is 5.75 Å². The number of aromatic nitrogens is 3. The maximum Gasteiger partial charge on any atom is 0.258 e. The number of carbonyl (C=O) groups excluding carboxylic acids is 1. The number of hydrogen-bond donors (Lipinski definition) is 3. The zero-order valence-electron chi connectivity index (χ0n) is 21.2. The SMILES string of the molecule is Cc1nc([C@@H](C)c2cc(Cl)c(F)c(C(=O)N[C@]3(C)CCCC[C@@H]3O)c2OC(C)C)n2ccnc(N)c12. The third-order valence-electron chi connectivity index (χ3n) is 6.98. The molecule has 8 nitrogen and oxygen atoms in total. The molecule has 194 valence electrons. The molecule has 0 radical (unpaired) electrons. The minimum Gasteiger partial charge on any atom is -0.490 e. The Bertz CT molecular complexity index is 1310. The first-order valence-corrected chi connectivity index (χ1v) is 12.6. The second kappa shape index (κ2) is 9.86. The maximum atomic E-state index is 15.5. The van der Waals surface area contributed by atoms with Crippen molar-refractivity contribution in [2.24, 2.45) is 0 Å². The number of nitrogens with two attached hydrogens (primary N) is 1. The van der Waals surface area contributed by atoms with E-state index in [0.717, 1.165) is 12.8 Å². The van der Waals surface area contributed by atoms with Gasteiger partial charge in [0.25, 0.3) is 5.91 Å². The molecule has 36 heavy (non-hydrogen) atoms. The summed E-state index contributed by atoms with van der Waals surface area (Å²) >= 11 is 6.34. The molecule has 0 bridgehead atoms. The van der Waals surface area contributed by atoms with E-state index in [4.69, 9.17) is 27.1 Å². The van der Waals surface area contributed by atoms with Gasteiger partial charge in [-0.05, 0) is 46.6 Å².